The lowest BCUT2D eigenvalue weighted by Gasteiger charge is -2.61. The first-order valence-corrected chi connectivity index (χ1v) is 14.6. The Balaban J connectivity index is 1.01. The molecule has 0 aromatic carbocycles. The Morgan fingerprint density at radius 2 is 1.91 bits per heavy atom. The molecule has 6 fully saturated rings. The summed E-state index contributed by atoms with van der Waals surface area (Å²) in [6, 6.07) is 2.21. The number of nitrogens with zero attached hydrogens (tertiary/aromatic N) is 1. The van der Waals surface area contributed by atoms with Crippen molar-refractivity contribution in [2.75, 3.05) is 26.2 Å². The summed E-state index contributed by atoms with van der Waals surface area (Å²) in [6.07, 6.45) is 19.4. The molecule has 188 valence electrons. The van der Waals surface area contributed by atoms with Crippen LogP contribution in [0.15, 0.2) is 23.0 Å². The molecule has 1 spiro atoms. The average Bonchev–Trinajstić information content (AvgIpc) is 3.26. The number of hydrogen-bond donors (Lipinski definition) is 0. The quantitative estimate of drug-likeness (QED) is 0.358. The maximum absolute atomic E-state index is 6.74. The third-order valence-electron chi connectivity index (χ3n) is 12.2. The highest BCUT2D eigenvalue weighted by Crippen LogP contribution is 2.78. The molecule has 1 aromatic heterocycles. The van der Waals surface area contributed by atoms with Crippen molar-refractivity contribution in [1.29, 1.82) is 0 Å². The largest absolute Gasteiger partial charge is 0.472 e. The van der Waals surface area contributed by atoms with Gasteiger partial charge in [0.2, 0.25) is 0 Å². The second-order valence-corrected chi connectivity index (χ2v) is 13.4. The third kappa shape index (κ3) is 3.13. The summed E-state index contributed by atoms with van der Waals surface area (Å²) >= 11 is 0. The van der Waals surface area contributed by atoms with Crippen molar-refractivity contribution in [3.63, 3.8) is 0 Å². The van der Waals surface area contributed by atoms with Gasteiger partial charge in [0.1, 0.15) is 5.60 Å². The van der Waals surface area contributed by atoms with Crippen LogP contribution in [-0.2, 0) is 9.47 Å². The zero-order valence-corrected chi connectivity index (χ0v) is 21.5. The van der Waals surface area contributed by atoms with Gasteiger partial charge in [-0.05, 0) is 124 Å². The standard InChI is InChI=1S/C30H45NO3/c1-28-11-8-23(33-16-5-15-31-13-3-4-14-31)18-22(28)6-7-25-24(28)9-12-29(2)26(21-10-17-32-20-21)19-27-30(25,29)34-27/h10,17,20,22-27H,3-9,11-16,18-19H2,1-2H3/t22?,23?,24-,25-,26?,27?,28+,29-,30+/m1/s1. The molecule has 3 heterocycles. The van der Waals surface area contributed by atoms with E-state index in [2.05, 4.69) is 24.8 Å². The van der Waals surface area contributed by atoms with Crippen LogP contribution in [0.2, 0.25) is 0 Å². The van der Waals surface area contributed by atoms with Crippen LogP contribution in [0.25, 0.3) is 0 Å². The summed E-state index contributed by atoms with van der Waals surface area (Å²) in [7, 11) is 0. The van der Waals surface area contributed by atoms with E-state index in [4.69, 9.17) is 13.9 Å². The molecular weight excluding hydrogens is 422 g/mol. The van der Waals surface area contributed by atoms with E-state index >= 15 is 0 Å². The van der Waals surface area contributed by atoms with Gasteiger partial charge in [-0.3, -0.25) is 0 Å². The van der Waals surface area contributed by atoms with Crippen molar-refractivity contribution in [3.8, 4) is 0 Å². The molecule has 2 aliphatic heterocycles. The molecule has 6 aliphatic rings. The highest BCUT2D eigenvalue weighted by molar-refractivity contribution is 5.35. The van der Waals surface area contributed by atoms with E-state index < -0.39 is 0 Å². The maximum atomic E-state index is 6.74. The number of ether oxygens (including phenoxy) is 2. The first-order chi connectivity index (χ1) is 16.5. The molecule has 0 bridgehead atoms. The van der Waals surface area contributed by atoms with Gasteiger partial charge in [0.15, 0.2) is 0 Å². The lowest BCUT2D eigenvalue weighted by molar-refractivity contribution is -0.145. The summed E-state index contributed by atoms with van der Waals surface area (Å²) in [6.45, 7) is 10.0. The first kappa shape index (κ1) is 22.4. The van der Waals surface area contributed by atoms with Crippen LogP contribution < -0.4 is 0 Å². The molecule has 4 saturated carbocycles. The predicted molar refractivity (Wildman–Crippen MR) is 133 cm³/mol. The van der Waals surface area contributed by atoms with Crippen LogP contribution in [0.1, 0.15) is 96.0 Å². The molecule has 4 aliphatic carbocycles. The Hall–Kier alpha value is -0.840. The van der Waals surface area contributed by atoms with Gasteiger partial charge in [-0.1, -0.05) is 13.8 Å². The molecule has 9 atom stereocenters. The highest BCUT2D eigenvalue weighted by atomic mass is 16.6. The van der Waals surface area contributed by atoms with Crippen molar-refractivity contribution in [2.24, 2.45) is 28.6 Å². The molecular formula is C30H45NO3. The molecule has 1 aromatic rings. The molecule has 4 nitrogen and oxygen atoms in total. The molecule has 0 N–H and O–H groups in total. The van der Waals surface area contributed by atoms with E-state index in [1.165, 1.54) is 95.8 Å². The average molecular weight is 468 g/mol. The van der Waals surface area contributed by atoms with Crippen molar-refractivity contribution in [2.45, 2.75) is 108 Å². The molecule has 0 radical (unpaired) electrons. The Morgan fingerprint density at radius 1 is 1.03 bits per heavy atom. The van der Waals surface area contributed by atoms with E-state index in [-0.39, 0.29) is 11.0 Å². The molecule has 7 rings (SSSR count). The van der Waals surface area contributed by atoms with Crippen molar-refractivity contribution < 1.29 is 13.9 Å². The van der Waals surface area contributed by atoms with Gasteiger partial charge in [0.25, 0.3) is 0 Å². The SMILES string of the molecule is C[C@]12CCC(OCCCN3CCCC3)CC1CC[C@@H]1[C@H]2CC[C@]2(C)C(c3ccoc3)CC3O[C@]312. The van der Waals surface area contributed by atoms with E-state index in [1.807, 2.05) is 12.5 Å². The summed E-state index contributed by atoms with van der Waals surface area (Å²) in [5.74, 6) is 3.05. The Bertz CT molecular complexity index is 880. The van der Waals surface area contributed by atoms with E-state index in [9.17, 15) is 0 Å². The Labute approximate surface area is 206 Å². The summed E-state index contributed by atoms with van der Waals surface area (Å²) in [4.78, 5) is 2.62. The van der Waals surface area contributed by atoms with Crippen LogP contribution in [0.5, 0.6) is 0 Å². The zero-order chi connectivity index (χ0) is 23.0. The van der Waals surface area contributed by atoms with Crippen molar-refractivity contribution >= 4 is 0 Å². The maximum Gasteiger partial charge on any atom is 0.104 e. The summed E-state index contributed by atoms with van der Waals surface area (Å²) in [5, 5.41) is 0. The number of epoxide rings is 1. The first-order valence-electron chi connectivity index (χ1n) is 14.6. The molecule has 0 amide bonds. The van der Waals surface area contributed by atoms with Gasteiger partial charge >= 0.3 is 0 Å². The topological polar surface area (TPSA) is 38.1 Å². The highest BCUT2D eigenvalue weighted by Gasteiger charge is 2.80. The fourth-order valence-corrected chi connectivity index (χ4v) is 10.3. The minimum absolute atomic E-state index is 0.148. The fraction of sp³-hybridized carbons (Fsp3) is 0.867. The van der Waals surface area contributed by atoms with Crippen molar-refractivity contribution in [3.05, 3.63) is 24.2 Å². The van der Waals surface area contributed by atoms with Crippen LogP contribution >= 0.6 is 0 Å². The minimum atomic E-state index is 0.148. The Kier molecular flexibility index (Phi) is 5.32. The number of fused-ring (bicyclic) bond motifs is 3. The van der Waals surface area contributed by atoms with Crippen LogP contribution in [0.4, 0.5) is 0 Å². The predicted octanol–water partition coefficient (Wildman–Crippen LogP) is 6.41. The van der Waals surface area contributed by atoms with E-state index in [0.29, 0.717) is 23.5 Å². The number of hydrogen-bond acceptors (Lipinski definition) is 4. The fourth-order valence-electron chi connectivity index (χ4n) is 10.3. The lowest BCUT2D eigenvalue weighted by Crippen LogP contribution is -2.58. The summed E-state index contributed by atoms with van der Waals surface area (Å²) in [5.41, 5.74) is 2.33. The van der Waals surface area contributed by atoms with Gasteiger partial charge in [-0.25, -0.2) is 0 Å². The van der Waals surface area contributed by atoms with Crippen LogP contribution in [-0.4, -0.2) is 49.0 Å². The molecule has 2 saturated heterocycles. The van der Waals surface area contributed by atoms with E-state index in [0.717, 1.165) is 24.4 Å². The van der Waals surface area contributed by atoms with Gasteiger partial charge in [0.05, 0.1) is 24.7 Å². The van der Waals surface area contributed by atoms with Gasteiger partial charge in [0, 0.05) is 18.6 Å². The lowest BCUT2D eigenvalue weighted by atomic mass is 9.44. The van der Waals surface area contributed by atoms with Crippen LogP contribution in [0, 0.1) is 28.6 Å². The second kappa shape index (κ2) is 8.08. The smallest absolute Gasteiger partial charge is 0.104 e. The molecule has 4 heteroatoms. The van der Waals surface area contributed by atoms with Crippen LogP contribution in [0.3, 0.4) is 0 Å². The second-order valence-electron chi connectivity index (χ2n) is 13.4. The van der Waals surface area contributed by atoms with Gasteiger partial charge < -0.3 is 18.8 Å². The molecule has 34 heavy (non-hydrogen) atoms. The number of furan rings is 1. The number of likely N-dealkylation sites (tertiary alicyclic amines) is 1. The third-order valence-corrected chi connectivity index (χ3v) is 12.2. The molecule has 4 unspecified atom stereocenters. The zero-order valence-electron chi connectivity index (χ0n) is 21.5. The monoisotopic (exact) mass is 467 g/mol. The van der Waals surface area contributed by atoms with Gasteiger partial charge in [-0.15, -0.1) is 0 Å². The summed E-state index contributed by atoms with van der Waals surface area (Å²) < 4.78 is 18.7. The van der Waals surface area contributed by atoms with Crippen molar-refractivity contribution in [1.82, 2.24) is 4.90 Å². The van der Waals surface area contributed by atoms with Gasteiger partial charge in [-0.2, -0.15) is 0 Å². The number of rotatable bonds is 6. The Morgan fingerprint density at radius 3 is 2.74 bits per heavy atom. The van der Waals surface area contributed by atoms with E-state index in [1.54, 1.807) is 0 Å². The minimum Gasteiger partial charge on any atom is -0.472 e. The normalized spacial score (nSPS) is 49.8.